The highest BCUT2D eigenvalue weighted by Crippen LogP contribution is 2.41. The molecule has 0 bridgehead atoms. The fraction of sp³-hybridized carbons (Fsp3) is 0.545. The summed E-state index contributed by atoms with van der Waals surface area (Å²) in [4.78, 5) is 61.5. The maximum absolute atomic E-state index is 13.5. The number of ether oxygens (including phenoxy) is 4. The fourth-order valence-electron chi connectivity index (χ4n) is 3.98. The fourth-order valence-corrected chi connectivity index (χ4v) is 5.45. The Morgan fingerprint density at radius 3 is 2.37 bits per heavy atom. The number of nitriles is 2. The number of carbonyl (C=O) groups excluding carboxylic acids is 3. The molecular formula is C22H26N9O11P. The first kappa shape index (κ1) is 32.9. The van der Waals surface area contributed by atoms with Crippen molar-refractivity contribution in [1.29, 1.82) is 10.5 Å². The highest BCUT2D eigenvalue weighted by atomic mass is 31.2. The van der Waals surface area contributed by atoms with Crippen molar-refractivity contribution in [1.82, 2.24) is 29.9 Å². The molecule has 0 radical (unpaired) electrons. The van der Waals surface area contributed by atoms with Crippen LogP contribution in [0, 0.1) is 22.7 Å². The smallest absolute Gasteiger partial charge is 0.341 e. The van der Waals surface area contributed by atoms with E-state index in [9.17, 15) is 34.3 Å². The second-order valence-electron chi connectivity index (χ2n) is 9.03. The van der Waals surface area contributed by atoms with E-state index in [1.54, 1.807) is 26.0 Å². The van der Waals surface area contributed by atoms with E-state index < -0.39 is 92.6 Å². The first-order valence-corrected chi connectivity index (χ1v) is 13.6. The van der Waals surface area contributed by atoms with Gasteiger partial charge in [0.25, 0.3) is 5.56 Å². The van der Waals surface area contributed by atoms with Crippen LogP contribution >= 0.6 is 8.30 Å². The van der Waals surface area contributed by atoms with E-state index in [1.165, 1.54) is 0 Å². The number of aliphatic carboxylic acids is 1. The molecule has 6 unspecified atom stereocenters. The number of rotatable bonds is 12. The number of hydrogen-bond donors (Lipinski definition) is 3. The number of nitrogens with zero attached hydrogens (tertiary/aromatic N) is 7. The van der Waals surface area contributed by atoms with Gasteiger partial charge in [0, 0.05) is 19.9 Å². The summed E-state index contributed by atoms with van der Waals surface area (Å²) >= 11 is 0. The molecule has 4 N–H and O–H groups in total. The first-order chi connectivity index (χ1) is 20.3. The standard InChI is InChI=1S/C22H26N9O11P/c1-9(2)28-43(39-6-5-23)21(20(35)36)38-8-13-16(40-10(3)32)17(41-11(4)33)19(42-13)31-18(34)15-14(26-29-31)12(7-24)27-30(15)22(25)37/h9,13,16-17,19,21,28H,6,8H2,1-4H3,(H2,25,37)(H,35,36). The first-order valence-electron chi connectivity index (χ1n) is 12.3. The van der Waals surface area contributed by atoms with Crippen molar-refractivity contribution < 1.29 is 47.8 Å². The highest BCUT2D eigenvalue weighted by molar-refractivity contribution is 7.52. The van der Waals surface area contributed by atoms with Gasteiger partial charge in [-0.05, 0) is 13.8 Å². The second kappa shape index (κ2) is 14.1. The van der Waals surface area contributed by atoms with E-state index in [2.05, 4.69) is 20.5 Å². The number of hydrogen-bond acceptors (Lipinski definition) is 16. The Morgan fingerprint density at radius 2 is 1.84 bits per heavy atom. The zero-order chi connectivity index (χ0) is 32.0. The van der Waals surface area contributed by atoms with Gasteiger partial charge in [-0.15, -0.1) is 10.2 Å². The minimum atomic E-state index is -2.07. The number of nitrogens with two attached hydrogens (primary N) is 1. The van der Waals surface area contributed by atoms with Gasteiger partial charge in [-0.25, -0.2) is 9.59 Å². The molecule has 6 atom stereocenters. The average Bonchev–Trinajstić information content (AvgIpc) is 3.45. The molecule has 3 rings (SSSR count). The van der Waals surface area contributed by atoms with Crippen molar-refractivity contribution in [2.75, 3.05) is 13.2 Å². The summed E-state index contributed by atoms with van der Waals surface area (Å²) in [7, 11) is -2.07. The van der Waals surface area contributed by atoms with Crippen LogP contribution in [0.5, 0.6) is 0 Å². The number of esters is 2. The van der Waals surface area contributed by atoms with E-state index in [4.69, 9.17) is 34.5 Å². The van der Waals surface area contributed by atoms with Gasteiger partial charge in [-0.3, -0.25) is 19.5 Å². The van der Waals surface area contributed by atoms with Crippen LogP contribution in [0.25, 0.3) is 11.0 Å². The van der Waals surface area contributed by atoms with Gasteiger partial charge in [-0.1, -0.05) is 5.21 Å². The molecule has 1 aliphatic heterocycles. The van der Waals surface area contributed by atoms with Gasteiger partial charge >= 0.3 is 23.9 Å². The SMILES string of the molecule is CC(=O)OC1C(COC(C(=O)O)P(NC(C)C)OCC#N)OC(n2nnc3c(C#N)nn(C(N)=O)c3c2=O)C1OC(C)=O. The summed E-state index contributed by atoms with van der Waals surface area (Å²) in [6.45, 7) is 4.46. The molecule has 230 valence electrons. The van der Waals surface area contributed by atoms with Gasteiger partial charge < -0.3 is 34.3 Å². The molecule has 43 heavy (non-hydrogen) atoms. The summed E-state index contributed by atoms with van der Waals surface area (Å²) in [5.41, 5.74) is 2.87. The molecule has 20 nitrogen and oxygen atoms in total. The predicted octanol–water partition coefficient (Wildman–Crippen LogP) is -1.18. The van der Waals surface area contributed by atoms with Crippen LogP contribution in [0.3, 0.4) is 0 Å². The van der Waals surface area contributed by atoms with Gasteiger partial charge in [-0.2, -0.15) is 19.9 Å². The molecule has 0 aliphatic carbocycles. The molecular weight excluding hydrogens is 597 g/mol. The van der Waals surface area contributed by atoms with Crippen molar-refractivity contribution >= 4 is 43.3 Å². The van der Waals surface area contributed by atoms with Crippen molar-refractivity contribution in [3.8, 4) is 12.1 Å². The molecule has 1 saturated heterocycles. The normalized spacial score (nSPS) is 21.1. The van der Waals surface area contributed by atoms with Gasteiger partial charge in [0.15, 0.2) is 35.2 Å². The summed E-state index contributed by atoms with van der Waals surface area (Å²) in [6, 6.07) is 1.92. The topological polar surface area (TPSA) is 286 Å². The average molecular weight is 623 g/mol. The monoisotopic (exact) mass is 623 g/mol. The van der Waals surface area contributed by atoms with Gasteiger partial charge in [0.05, 0.1) is 12.7 Å². The van der Waals surface area contributed by atoms with Crippen LogP contribution in [0.15, 0.2) is 4.79 Å². The predicted molar refractivity (Wildman–Crippen MR) is 138 cm³/mol. The Balaban J connectivity index is 2.05. The molecule has 1 amide bonds. The molecule has 1 fully saturated rings. The van der Waals surface area contributed by atoms with Crippen molar-refractivity contribution in [2.45, 2.75) is 64.1 Å². The van der Waals surface area contributed by atoms with Crippen molar-refractivity contribution in [3.05, 3.63) is 16.0 Å². The second-order valence-corrected chi connectivity index (χ2v) is 10.7. The van der Waals surface area contributed by atoms with E-state index >= 15 is 0 Å². The van der Waals surface area contributed by atoms with E-state index in [0.717, 1.165) is 13.8 Å². The zero-order valence-electron chi connectivity index (χ0n) is 23.1. The van der Waals surface area contributed by atoms with Gasteiger partial charge in [0.2, 0.25) is 5.85 Å². The van der Waals surface area contributed by atoms with Crippen LogP contribution in [0.1, 0.15) is 39.6 Å². The van der Waals surface area contributed by atoms with Crippen LogP contribution in [0.2, 0.25) is 0 Å². The molecule has 2 aromatic rings. The largest absolute Gasteiger partial charge is 0.479 e. The Hall–Kier alpha value is -4.59. The molecule has 0 spiro atoms. The number of aromatic nitrogens is 5. The third-order valence-electron chi connectivity index (χ3n) is 5.45. The lowest BCUT2D eigenvalue weighted by atomic mass is 10.1. The Kier molecular flexibility index (Phi) is 10.8. The van der Waals surface area contributed by atoms with Gasteiger partial charge in [0.1, 0.15) is 27.1 Å². The van der Waals surface area contributed by atoms with E-state index in [1.807, 2.05) is 0 Å². The molecule has 0 aromatic carbocycles. The molecule has 1 aliphatic rings. The molecule has 0 saturated carbocycles. The minimum Gasteiger partial charge on any atom is -0.479 e. The summed E-state index contributed by atoms with van der Waals surface area (Å²) in [6.07, 6.45) is -6.06. The number of carboxylic acid groups (broad SMARTS) is 1. The number of fused-ring (bicyclic) bond motifs is 1. The maximum Gasteiger partial charge on any atom is 0.341 e. The van der Waals surface area contributed by atoms with Crippen LogP contribution < -0.4 is 16.4 Å². The summed E-state index contributed by atoms with van der Waals surface area (Å²) in [5, 5.41) is 42.1. The third kappa shape index (κ3) is 7.44. The number of carbonyl (C=O) groups is 4. The Morgan fingerprint density at radius 1 is 1.19 bits per heavy atom. The zero-order valence-corrected chi connectivity index (χ0v) is 24.0. The lowest BCUT2D eigenvalue weighted by Gasteiger charge is -2.27. The summed E-state index contributed by atoms with van der Waals surface area (Å²) in [5.74, 6) is -4.84. The third-order valence-corrected chi connectivity index (χ3v) is 7.43. The van der Waals surface area contributed by atoms with Crippen LogP contribution in [0.4, 0.5) is 4.79 Å². The van der Waals surface area contributed by atoms with Crippen molar-refractivity contribution in [3.63, 3.8) is 0 Å². The lowest BCUT2D eigenvalue weighted by molar-refractivity contribution is -0.166. The molecule has 3 heterocycles. The quantitative estimate of drug-likeness (QED) is 0.185. The van der Waals surface area contributed by atoms with Crippen LogP contribution in [-0.4, -0.2) is 97.2 Å². The Labute approximate surface area is 243 Å². The maximum atomic E-state index is 13.5. The molecule has 21 heteroatoms. The number of carboxylic acids is 1. The minimum absolute atomic E-state index is 0.264. The van der Waals surface area contributed by atoms with E-state index in [-0.39, 0.29) is 11.6 Å². The summed E-state index contributed by atoms with van der Waals surface area (Å²) < 4.78 is 28.5. The Bertz CT molecular complexity index is 1550. The van der Waals surface area contributed by atoms with Crippen molar-refractivity contribution in [2.24, 2.45) is 5.73 Å². The van der Waals surface area contributed by atoms with E-state index in [0.29, 0.717) is 9.36 Å². The number of nitrogens with one attached hydrogen (secondary N) is 1. The lowest BCUT2D eigenvalue weighted by Crippen LogP contribution is -2.43. The van der Waals surface area contributed by atoms with Crippen LogP contribution in [-0.2, 0) is 37.9 Å². The highest BCUT2D eigenvalue weighted by Gasteiger charge is 2.52. The molecule has 2 aromatic heterocycles. The number of primary amides is 1. The number of amides is 1.